The van der Waals surface area contributed by atoms with Gasteiger partial charge in [-0.1, -0.05) is 46.3 Å². The number of hydrogen-bond donors (Lipinski definition) is 2. The second kappa shape index (κ2) is 10.7. The highest BCUT2D eigenvalue weighted by Crippen LogP contribution is 2.43. The van der Waals surface area contributed by atoms with Crippen molar-refractivity contribution in [3.63, 3.8) is 0 Å². The van der Waals surface area contributed by atoms with E-state index in [1.54, 1.807) is 17.0 Å². The van der Waals surface area contributed by atoms with Crippen LogP contribution in [0.5, 0.6) is 0 Å². The molecule has 2 amide bonds. The molecule has 4 rings (SSSR count). The number of carbonyl (C=O) groups is 2. The Balaban J connectivity index is 1.69. The third-order valence-electron chi connectivity index (χ3n) is 6.04. The van der Waals surface area contributed by atoms with Crippen molar-refractivity contribution >= 4 is 33.8 Å². The Morgan fingerprint density at radius 2 is 1.92 bits per heavy atom. The molecule has 0 aliphatic carbocycles. The van der Waals surface area contributed by atoms with Crippen molar-refractivity contribution in [3.05, 3.63) is 70.6 Å². The molecule has 1 aliphatic rings. The maximum absolute atomic E-state index is 13.3. The number of halogens is 1. The number of aromatic amines is 1. The van der Waals surface area contributed by atoms with Gasteiger partial charge in [-0.3, -0.25) is 10.2 Å². The van der Waals surface area contributed by atoms with Gasteiger partial charge in [0, 0.05) is 34.4 Å². The molecular weight excluding hydrogens is 524 g/mol. The first kappa shape index (κ1) is 25.8. The van der Waals surface area contributed by atoms with Crippen molar-refractivity contribution < 1.29 is 19.1 Å². The van der Waals surface area contributed by atoms with E-state index in [0.717, 1.165) is 34.1 Å². The normalized spacial score (nSPS) is 18.0. The van der Waals surface area contributed by atoms with Gasteiger partial charge in [-0.25, -0.2) is 14.6 Å². The van der Waals surface area contributed by atoms with E-state index in [4.69, 9.17) is 9.72 Å². The molecule has 1 saturated heterocycles. The minimum absolute atomic E-state index is 0.0709. The lowest BCUT2D eigenvalue weighted by atomic mass is 9.83. The van der Waals surface area contributed by atoms with Crippen LogP contribution < -0.4 is 5.32 Å². The fourth-order valence-electron chi connectivity index (χ4n) is 4.50. The molecule has 1 aliphatic heterocycles. The average Bonchev–Trinajstić information content (AvgIpc) is 3.32. The lowest BCUT2D eigenvalue weighted by Gasteiger charge is -2.41. The molecule has 1 aromatic heterocycles. The van der Waals surface area contributed by atoms with Crippen LogP contribution in [0, 0.1) is 0 Å². The molecule has 0 saturated carbocycles. The number of amides is 2. The van der Waals surface area contributed by atoms with Crippen LogP contribution in [0.3, 0.4) is 0 Å². The topological polar surface area (TPSA) is 96.6 Å². The van der Waals surface area contributed by atoms with Crippen molar-refractivity contribution in [3.8, 4) is 11.3 Å². The Morgan fingerprint density at radius 1 is 1.17 bits per heavy atom. The second-order valence-corrected chi connectivity index (χ2v) is 10.6. The number of carbonyl (C=O) groups excluding carboxylic acids is 2. The summed E-state index contributed by atoms with van der Waals surface area (Å²) in [6.07, 6.45) is 2.77. The van der Waals surface area contributed by atoms with Gasteiger partial charge in [-0.15, -0.1) is 0 Å². The lowest BCUT2D eigenvalue weighted by molar-refractivity contribution is 0.00487. The maximum Gasteiger partial charge on any atom is 0.411 e. The molecule has 9 heteroatoms. The summed E-state index contributed by atoms with van der Waals surface area (Å²) in [4.78, 5) is 34.9. The third kappa shape index (κ3) is 5.90. The van der Waals surface area contributed by atoms with Crippen molar-refractivity contribution in [1.29, 1.82) is 0 Å². The van der Waals surface area contributed by atoms with Gasteiger partial charge in [0.15, 0.2) is 0 Å². The van der Waals surface area contributed by atoms with Gasteiger partial charge in [0.2, 0.25) is 0 Å². The Bertz CT molecular complexity index is 1220. The maximum atomic E-state index is 13.3. The van der Waals surface area contributed by atoms with Crippen LogP contribution in [-0.4, -0.2) is 46.3 Å². The number of nitrogens with zero attached hydrogens (tertiary/aromatic N) is 2. The predicted octanol–water partition coefficient (Wildman–Crippen LogP) is 6.87. The fourth-order valence-corrected chi connectivity index (χ4v) is 5.09. The van der Waals surface area contributed by atoms with E-state index in [1.807, 2.05) is 51.2 Å². The molecule has 36 heavy (non-hydrogen) atoms. The van der Waals surface area contributed by atoms with E-state index in [0.29, 0.717) is 18.1 Å². The van der Waals surface area contributed by atoms with Crippen LogP contribution in [0.15, 0.2) is 59.2 Å². The number of likely N-dealkylation sites (tertiary alicyclic amines) is 1. The van der Waals surface area contributed by atoms with Crippen LogP contribution in [-0.2, 0) is 9.47 Å². The Hall–Kier alpha value is -3.33. The van der Waals surface area contributed by atoms with Gasteiger partial charge < -0.3 is 14.5 Å². The number of nitrogens with one attached hydrogen (secondary N) is 2. The molecule has 0 radical (unpaired) electrons. The quantitative estimate of drug-likeness (QED) is 0.366. The molecule has 2 heterocycles. The van der Waals surface area contributed by atoms with Crippen LogP contribution in [0.2, 0.25) is 0 Å². The van der Waals surface area contributed by atoms with Gasteiger partial charge in [-0.2, -0.15) is 0 Å². The van der Waals surface area contributed by atoms with Crippen molar-refractivity contribution in [2.24, 2.45) is 0 Å². The molecule has 3 aromatic rings. The molecule has 190 valence electrons. The van der Waals surface area contributed by atoms with Gasteiger partial charge in [0.05, 0.1) is 18.8 Å². The van der Waals surface area contributed by atoms with Gasteiger partial charge >= 0.3 is 12.2 Å². The third-order valence-corrected chi connectivity index (χ3v) is 6.70. The molecule has 2 unspecified atom stereocenters. The lowest BCUT2D eigenvalue weighted by Crippen LogP contribution is -2.45. The summed E-state index contributed by atoms with van der Waals surface area (Å²) >= 11 is 3.59. The second-order valence-electron chi connectivity index (χ2n) is 9.76. The van der Waals surface area contributed by atoms with E-state index in [9.17, 15) is 9.59 Å². The highest BCUT2D eigenvalue weighted by molar-refractivity contribution is 9.10. The summed E-state index contributed by atoms with van der Waals surface area (Å²) in [7, 11) is 1.32. The zero-order valence-corrected chi connectivity index (χ0v) is 22.5. The summed E-state index contributed by atoms with van der Waals surface area (Å²) in [5.74, 6) is 0.773. The van der Waals surface area contributed by atoms with E-state index >= 15 is 0 Å². The largest absolute Gasteiger partial charge is 0.453 e. The number of methoxy groups -OCH3 is 1. The first-order chi connectivity index (χ1) is 17.2. The number of imidazole rings is 1. The molecule has 0 spiro atoms. The summed E-state index contributed by atoms with van der Waals surface area (Å²) in [5, 5.41) is 2.65. The summed E-state index contributed by atoms with van der Waals surface area (Å²) in [6, 6.07) is 15.4. The minimum Gasteiger partial charge on any atom is -0.453 e. The van der Waals surface area contributed by atoms with Gasteiger partial charge in [-0.05, 0) is 57.4 Å². The van der Waals surface area contributed by atoms with Gasteiger partial charge in [0.1, 0.15) is 11.4 Å². The Kier molecular flexibility index (Phi) is 7.68. The molecular formula is C27H31BrN4O4. The van der Waals surface area contributed by atoms with Crippen molar-refractivity contribution in [1.82, 2.24) is 14.9 Å². The first-order valence-corrected chi connectivity index (χ1v) is 12.7. The summed E-state index contributed by atoms with van der Waals surface area (Å²) < 4.78 is 11.2. The summed E-state index contributed by atoms with van der Waals surface area (Å²) in [6.45, 7) is 6.22. The minimum atomic E-state index is -0.597. The number of aromatic nitrogens is 2. The van der Waals surface area contributed by atoms with E-state index in [2.05, 4.69) is 43.1 Å². The molecule has 1 fully saturated rings. The molecule has 0 bridgehead atoms. The Morgan fingerprint density at radius 3 is 2.58 bits per heavy atom. The highest BCUT2D eigenvalue weighted by Gasteiger charge is 2.40. The number of rotatable bonds is 4. The molecule has 8 nitrogen and oxygen atoms in total. The zero-order valence-electron chi connectivity index (χ0n) is 20.9. The average molecular weight is 555 g/mol. The SMILES string of the molecule is COC(=O)Nc1ccc(-c2c[nH]c(C3C(c4ccccc4)CCCN3C(=O)OC(C)(C)C)n2)c(Br)c1. The van der Waals surface area contributed by atoms with E-state index in [1.165, 1.54) is 7.11 Å². The fraction of sp³-hybridized carbons (Fsp3) is 0.370. The van der Waals surface area contributed by atoms with E-state index < -0.39 is 11.7 Å². The van der Waals surface area contributed by atoms with E-state index in [-0.39, 0.29) is 18.1 Å². The van der Waals surface area contributed by atoms with Crippen molar-refractivity contribution in [2.75, 3.05) is 19.0 Å². The van der Waals surface area contributed by atoms with Crippen LogP contribution in [0.25, 0.3) is 11.3 Å². The van der Waals surface area contributed by atoms with Gasteiger partial charge in [0.25, 0.3) is 0 Å². The first-order valence-electron chi connectivity index (χ1n) is 11.9. The molecule has 2 N–H and O–H groups in total. The van der Waals surface area contributed by atoms with Crippen molar-refractivity contribution in [2.45, 2.75) is 51.2 Å². The number of piperidine rings is 1. The van der Waals surface area contributed by atoms with Crippen LogP contribution >= 0.6 is 15.9 Å². The summed E-state index contributed by atoms with van der Waals surface area (Å²) in [5.41, 5.74) is 2.74. The number of hydrogen-bond acceptors (Lipinski definition) is 5. The number of ether oxygens (including phenoxy) is 2. The predicted molar refractivity (Wildman–Crippen MR) is 142 cm³/mol. The number of H-pyrrole nitrogens is 1. The van der Waals surface area contributed by atoms with Crippen LogP contribution in [0.4, 0.5) is 15.3 Å². The molecule has 2 aromatic carbocycles. The number of benzene rings is 2. The monoisotopic (exact) mass is 554 g/mol. The zero-order chi connectivity index (χ0) is 25.9. The smallest absolute Gasteiger partial charge is 0.411 e. The number of anilines is 1. The Labute approximate surface area is 219 Å². The highest BCUT2D eigenvalue weighted by atomic mass is 79.9. The van der Waals surface area contributed by atoms with Crippen LogP contribution in [0.1, 0.15) is 57.0 Å². The molecule has 2 atom stereocenters. The standard InChI is InChI=1S/C27H31BrN4O4/c1-27(2,3)36-26(34)32-14-8-11-19(17-9-6-5-7-10-17)23(32)24-29-16-22(31-24)20-13-12-18(15-21(20)28)30-25(33)35-4/h5-7,9-10,12-13,15-16,19,23H,8,11,14H2,1-4H3,(H,29,31)(H,30,33).